The van der Waals surface area contributed by atoms with E-state index in [2.05, 4.69) is 61.5 Å². The Morgan fingerprint density at radius 2 is 1.89 bits per heavy atom. The second-order valence-corrected chi connectivity index (χ2v) is 7.07. The molecule has 8 nitrogen and oxygen atoms in total. The number of nitrogens with one attached hydrogen (secondary N) is 1. The van der Waals surface area contributed by atoms with Crippen molar-refractivity contribution in [2.45, 2.75) is 44.7 Å². The zero-order chi connectivity index (χ0) is 19.5. The molecule has 1 unspecified atom stereocenters. The molecular formula is C20H23N7O. The molecule has 8 heteroatoms. The number of carbonyl (C=O) groups is 1. The summed E-state index contributed by atoms with van der Waals surface area (Å²) in [6.45, 7) is 2.14. The van der Waals surface area contributed by atoms with E-state index in [1.807, 2.05) is 0 Å². The molecule has 1 aliphatic rings. The van der Waals surface area contributed by atoms with Crippen molar-refractivity contribution in [3.8, 4) is 0 Å². The molecule has 0 saturated heterocycles. The second kappa shape index (κ2) is 7.75. The average molecular weight is 377 g/mol. The quantitative estimate of drug-likeness (QED) is 0.652. The lowest BCUT2D eigenvalue weighted by Gasteiger charge is -2.35. The van der Waals surface area contributed by atoms with Crippen LogP contribution >= 0.6 is 0 Å². The van der Waals surface area contributed by atoms with Gasteiger partial charge in [0.1, 0.15) is 5.69 Å². The van der Waals surface area contributed by atoms with Gasteiger partial charge in [-0.2, -0.15) is 15.4 Å². The summed E-state index contributed by atoms with van der Waals surface area (Å²) in [5.74, 6) is 0.0391. The van der Waals surface area contributed by atoms with E-state index in [0.29, 0.717) is 11.5 Å². The highest BCUT2D eigenvalue weighted by Gasteiger charge is 2.34. The number of primary amides is 1. The molecule has 0 fully saturated rings. The molecule has 0 radical (unpaired) electrons. The van der Waals surface area contributed by atoms with Crippen LogP contribution in [0.1, 0.15) is 53.0 Å². The van der Waals surface area contributed by atoms with Gasteiger partial charge in [0.15, 0.2) is 0 Å². The zero-order valence-electron chi connectivity index (χ0n) is 15.7. The third-order valence-electron chi connectivity index (χ3n) is 5.25. The maximum atomic E-state index is 11.4. The number of rotatable bonds is 7. The molecule has 144 valence electrons. The van der Waals surface area contributed by atoms with E-state index in [-0.39, 0.29) is 12.1 Å². The molecule has 0 aliphatic heterocycles. The lowest BCUT2D eigenvalue weighted by molar-refractivity contribution is 0.0999. The van der Waals surface area contributed by atoms with Gasteiger partial charge in [0.2, 0.25) is 5.95 Å². The monoisotopic (exact) mass is 377 g/mol. The molecule has 0 bridgehead atoms. The first-order valence-corrected chi connectivity index (χ1v) is 9.50. The van der Waals surface area contributed by atoms with Crippen LogP contribution in [-0.2, 0) is 12.8 Å². The Morgan fingerprint density at radius 1 is 1.21 bits per heavy atom. The van der Waals surface area contributed by atoms with Crippen molar-refractivity contribution in [1.29, 1.82) is 0 Å². The minimum atomic E-state index is -0.534. The van der Waals surface area contributed by atoms with Crippen molar-refractivity contribution in [2.75, 3.05) is 4.90 Å². The maximum Gasteiger partial charge on any atom is 0.251 e. The van der Waals surface area contributed by atoms with E-state index >= 15 is 0 Å². The molecular weight excluding hydrogens is 354 g/mol. The molecule has 2 heterocycles. The Hall–Kier alpha value is -3.29. The molecule has 2 aromatic heterocycles. The first-order valence-electron chi connectivity index (χ1n) is 9.50. The largest absolute Gasteiger partial charge is 0.366 e. The van der Waals surface area contributed by atoms with Gasteiger partial charge in [-0.25, -0.2) is 9.97 Å². The normalized spacial score (nSPS) is 14.6. The second-order valence-electron chi connectivity index (χ2n) is 7.07. The number of H-pyrrole nitrogens is 1. The Bertz CT molecular complexity index is 914. The van der Waals surface area contributed by atoms with Crippen molar-refractivity contribution in [3.05, 3.63) is 65.2 Å². The topological polar surface area (TPSA) is 114 Å². The predicted octanol–water partition coefficient (Wildman–Crippen LogP) is 2.21. The Kier molecular flexibility index (Phi) is 5.01. The molecule has 0 spiro atoms. The summed E-state index contributed by atoms with van der Waals surface area (Å²) < 4.78 is 0. The van der Waals surface area contributed by atoms with E-state index in [0.717, 1.165) is 31.4 Å². The van der Waals surface area contributed by atoms with Crippen molar-refractivity contribution in [2.24, 2.45) is 5.73 Å². The lowest BCUT2D eigenvalue weighted by Crippen LogP contribution is -2.40. The minimum absolute atomic E-state index is 0.0116. The van der Waals surface area contributed by atoms with Gasteiger partial charge in [0.05, 0.1) is 17.8 Å². The smallest absolute Gasteiger partial charge is 0.251 e. The van der Waals surface area contributed by atoms with Gasteiger partial charge in [-0.1, -0.05) is 37.6 Å². The van der Waals surface area contributed by atoms with Crippen LogP contribution in [0.4, 0.5) is 5.95 Å². The van der Waals surface area contributed by atoms with Crippen LogP contribution in [0.15, 0.2) is 42.9 Å². The molecule has 3 N–H and O–H groups in total. The summed E-state index contributed by atoms with van der Waals surface area (Å²) in [7, 11) is 0. The van der Waals surface area contributed by atoms with Gasteiger partial charge in [-0.05, 0) is 30.4 Å². The molecule has 1 aromatic carbocycles. The predicted molar refractivity (Wildman–Crippen MR) is 105 cm³/mol. The summed E-state index contributed by atoms with van der Waals surface area (Å²) >= 11 is 0. The van der Waals surface area contributed by atoms with Crippen molar-refractivity contribution < 1.29 is 4.79 Å². The highest BCUT2D eigenvalue weighted by molar-refractivity contribution is 5.92. The van der Waals surface area contributed by atoms with Crippen LogP contribution in [-0.4, -0.2) is 37.3 Å². The van der Waals surface area contributed by atoms with E-state index in [1.165, 1.54) is 23.5 Å². The molecule has 28 heavy (non-hydrogen) atoms. The van der Waals surface area contributed by atoms with Gasteiger partial charge in [-0.15, -0.1) is 0 Å². The number of aromatic amines is 1. The number of hydrogen-bond donors (Lipinski definition) is 2. The number of nitrogens with two attached hydrogens (primary N) is 1. The summed E-state index contributed by atoms with van der Waals surface area (Å²) in [6, 6.07) is 8.69. The minimum Gasteiger partial charge on any atom is -0.366 e. The van der Waals surface area contributed by atoms with Gasteiger partial charge in [0, 0.05) is 18.4 Å². The molecule has 1 amide bonds. The van der Waals surface area contributed by atoms with E-state index in [9.17, 15) is 4.79 Å². The number of carbonyl (C=O) groups excluding carboxylic acids is 1. The highest BCUT2D eigenvalue weighted by atomic mass is 16.1. The van der Waals surface area contributed by atoms with Crippen molar-refractivity contribution in [3.63, 3.8) is 0 Å². The third kappa shape index (κ3) is 3.45. The van der Waals surface area contributed by atoms with Gasteiger partial charge >= 0.3 is 0 Å². The first-order chi connectivity index (χ1) is 13.7. The van der Waals surface area contributed by atoms with Crippen molar-refractivity contribution >= 4 is 11.9 Å². The van der Waals surface area contributed by atoms with Gasteiger partial charge in [-0.3, -0.25) is 4.79 Å². The number of nitrogens with zero attached hydrogens (tertiary/aromatic N) is 5. The Morgan fingerprint density at radius 3 is 2.43 bits per heavy atom. The van der Waals surface area contributed by atoms with Crippen LogP contribution in [0.25, 0.3) is 0 Å². The van der Waals surface area contributed by atoms with E-state index < -0.39 is 5.91 Å². The fourth-order valence-corrected chi connectivity index (χ4v) is 3.95. The summed E-state index contributed by atoms with van der Waals surface area (Å²) in [4.78, 5) is 22.6. The Labute approximate surface area is 163 Å². The SMILES string of the molecule is CCCC(c1cn[nH]n1)N(c1ncc(C(N)=O)cn1)C1Cc2ccccc2C1. The number of hydrogen-bond acceptors (Lipinski definition) is 6. The van der Waals surface area contributed by atoms with Gasteiger partial charge in [0.25, 0.3) is 5.91 Å². The van der Waals surface area contributed by atoms with Crippen molar-refractivity contribution in [1.82, 2.24) is 25.4 Å². The van der Waals surface area contributed by atoms with Gasteiger partial charge < -0.3 is 10.6 Å². The van der Waals surface area contributed by atoms with Crippen LogP contribution < -0.4 is 10.6 Å². The standard InChI is InChI=1S/C20H23N7O/c1-2-5-18(17-12-24-26-25-17)27(20-22-10-15(11-23-20)19(21)28)16-8-13-6-3-4-7-14(13)9-16/h3-4,6-7,10-12,16,18H,2,5,8-9H2,1H3,(H2,21,28)(H,24,25,26). The van der Waals surface area contributed by atoms with Crippen LogP contribution in [0, 0.1) is 0 Å². The molecule has 4 rings (SSSR count). The number of anilines is 1. The zero-order valence-corrected chi connectivity index (χ0v) is 15.7. The number of benzene rings is 1. The fourth-order valence-electron chi connectivity index (χ4n) is 3.95. The van der Waals surface area contributed by atoms with Crippen LogP contribution in [0.3, 0.4) is 0 Å². The average Bonchev–Trinajstić information content (AvgIpc) is 3.37. The molecule has 0 saturated carbocycles. The summed E-state index contributed by atoms with van der Waals surface area (Å²) in [6.07, 6.45) is 8.43. The fraction of sp³-hybridized carbons (Fsp3) is 0.350. The van der Waals surface area contributed by atoms with Crippen LogP contribution in [0.2, 0.25) is 0 Å². The molecule has 3 aromatic rings. The number of amides is 1. The summed E-state index contributed by atoms with van der Waals surface area (Å²) in [5, 5.41) is 11.1. The first kappa shape index (κ1) is 18.1. The molecule has 1 atom stereocenters. The number of aromatic nitrogens is 5. The maximum absolute atomic E-state index is 11.4. The lowest BCUT2D eigenvalue weighted by atomic mass is 10.0. The van der Waals surface area contributed by atoms with E-state index in [1.54, 1.807) is 6.20 Å². The van der Waals surface area contributed by atoms with Crippen LogP contribution in [0.5, 0.6) is 0 Å². The summed E-state index contributed by atoms with van der Waals surface area (Å²) in [5.41, 5.74) is 9.21. The Balaban J connectivity index is 1.73. The number of fused-ring (bicyclic) bond motifs is 1. The van der Waals surface area contributed by atoms with E-state index in [4.69, 9.17) is 5.73 Å². The third-order valence-corrected chi connectivity index (χ3v) is 5.25. The highest BCUT2D eigenvalue weighted by Crippen LogP contribution is 2.35. The molecule has 1 aliphatic carbocycles.